The Labute approximate surface area is 457 Å². The van der Waals surface area contributed by atoms with Gasteiger partial charge in [0.15, 0.2) is 5.82 Å². The van der Waals surface area contributed by atoms with Crippen molar-refractivity contribution in [2.75, 3.05) is 0 Å². The van der Waals surface area contributed by atoms with Crippen molar-refractivity contribution in [3.05, 3.63) is 229 Å². The number of benzene rings is 8. The molecule has 0 saturated heterocycles. The van der Waals surface area contributed by atoms with Gasteiger partial charge >= 0.3 is 0 Å². The fourth-order valence-corrected chi connectivity index (χ4v) is 9.46. The molecule has 0 bridgehead atoms. The van der Waals surface area contributed by atoms with Crippen LogP contribution in [0.3, 0.4) is 0 Å². The molecule has 0 N–H and O–H groups in total. The number of aromatic nitrogens is 5. The van der Waals surface area contributed by atoms with Crippen molar-refractivity contribution >= 4 is 21.8 Å². The van der Waals surface area contributed by atoms with Gasteiger partial charge in [0.1, 0.15) is 5.82 Å². The van der Waals surface area contributed by atoms with Crippen LogP contribution in [-0.4, -0.2) is 19.2 Å². The van der Waals surface area contributed by atoms with E-state index in [1.807, 2.05) is 102 Å². The molecule has 3 aromatic heterocycles. The maximum atomic E-state index is 9.25. The van der Waals surface area contributed by atoms with Crippen molar-refractivity contribution in [1.29, 1.82) is 0 Å². The van der Waals surface area contributed by atoms with Crippen LogP contribution in [0.25, 0.3) is 83.8 Å². The second kappa shape index (κ2) is 19.6. The topological polar surface area (TPSA) is 48.8 Å². The van der Waals surface area contributed by atoms with Crippen molar-refractivity contribution < 1.29 is 37.3 Å². The molecule has 11 rings (SSSR count). The van der Waals surface area contributed by atoms with Gasteiger partial charge in [-0.15, -0.1) is 34.9 Å². The molecule has 6 nitrogen and oxygen atoms in total. The minimum atomic E-state index is -0.467. The Balaban J connectivity index is 0.00000704. The Kier molecular flexibility index (Phi) is 11.6. The van der Waals surface area contributed by atoms with Gasteiger partial charge in [-0.2, -0.15) is 16.8 Å². The number of para-hydroxylation sites is 2. The molecular formula is C67H59N5OPt-2. The Morgan fingerprint density at radius 1 is 0.541 bits per heavy atom. The van der Waals surface area contributed by atoms with Crippen molar-refractivity contribution in [2.24, 2.45) is 0 Å². The van der Waals surface area contributed by atoms with E-state index in [4.69, 9.17) is 18.9 Å². The van der Waals surface area contributed by atoms with E-state index in [0.717, 1.165) is 72.1 Å². The van der Waals surface area contributed by atoms with Crippen LogP contribution in [0.1, 0.15) is 85.9 Å². The molecule has 0 atom stereocenters. The van der Waals surface area contributed by atoms with E-state index >= 15 is 0 Å². The molecular weight excluding hydrogens is 1090 g/mol. The molecule has 0 aliphatic carbocycles. The third-order valence-electron chi connectivity index (χ3n) is 13.4. The van der Waals surface area contributed by atoms with Gasteiger partial charge in [0, 0.05) is 49.8 Å². The van der Waals surface area contributed by atoms with Crippen LogP contribution in [0.5, 0.6) is 11.5 Å². The summed E-state index contributed by atoms with van der Waals surface area (Å²) < 4.78 is 57.1. The van der Waals surface area contributed by atoms with Gasteiger partial charge in [-0.25, -0.2) is 4.98 Å². The van der Waals surface area contributed by atoms with Gasteiger partial charge in [-0.05, 0) is 84.3 Å². The van der Waals surface area contributed by atoms with Crippen LogP contribution in [0.15, 0.2) is 194 Å². The van der Waals surface area contributed by atoms with Gasteiger partial charge in [0.05, 0.1) is 12.5 Å². The second-order valence-electron chi connectivity index (χ2n) is 21.7. The summed E-state index contributed by atoms with van der Waals surface area (Å²) >= 11 is 0. The Bertz CT molecular complexity index is 4070. The molecule has 11 aromatic rings. The fraction of sp³-hybridized carbons (Fsp3) is 0.179. The Morgan fingerprint density at radius 2 is 1.16 bits per heavy atom. The summed E-state index contributed by atoms with van der Waals surface area (Å²) in [5.41, 5.74) is 10.6. The summed E-state index contributed by atoms with van der Waals surface area (Å²) in [7, 11) is 0. The summed E-state index contributed by atoms with van der Waals surface area (Å²) in [5, 5.41) is 7.42. The maximum absolute atomic E-state index is 9.25. The van der Waals surface area contributed by atoms with Crippen molar-refractivity contribution in [2.45, 2.75) is 78.6 Å². The Morgan fingerprint density at radius 3 is 1.84 bits per heavy atom. The molecule has 74 heavy (non-hydrogen) atoms. The molecule has 370 valence electrons. The number of pyridine rings is 1. The van der Waals surface area contributed by atoms with Crippen LogP contribution >= 0.6 is 0 Å². The van der Waals surface area contributed by atoms with Gasteiger partial charge in [0.25, 0.3) is 6.33 Å². The van der Waals surface area contributed by atoms with Crippen molar-refractivity contribution in [3.63, 3.8) is 0 Å². The average Bonchev–Trinajstić information content (AvgIpc) is 4.02. The maximum Gasteiger partial charge on any atom is 0.272 e. The number of hydrogen-bond donors (Lipinski definition) is 0. The van der Waals surface area contributed by atoms with Gasteiger partial charge in [0.2, 0.25) is 0 Å². The normalized spacial score (nSPS) is 13.0. The third kappa shape index (κ3) is 9.67. The molecule has 0 unspecified atom stereocenters. The first-order chi connectivity index (χ1) is 37.2. The van der Waals surface area contributed by atoms with Gasteiger partial charge in [-0.1, -0.05) is 224 Å². The second-order valence-corrected chi connectivity index (χ2v) is 21.7. The van der Waals surface area contributed by atoms with Crippen LogP contribution in [0, 0.1) is 18.5 Å². The standard InChI is InChI=1S/C67H59N5O.Pt/c1-65(2,3)49-35-36-68-61(40-49)72-59-34-20-19-31-57(59)62-58(46-25-15-11-16-26-46)42-54(43-60(62)72)73-53-30-21-29-52(41-53)70-44-71(69-64(70)47-27-17-12-18-28-47)63-55(45-23-13-10-14-24-45)32-22-33-56(63)48-37-50(66(4,5)6)39-51(38-48)67(7,8)9;/h10-40,42H,1-9H3;/q-2;/i10D,13D,14D,23D,24D;. The molecule has 8 aromatic carbocycles. The molecule has 0 spiro atoms. The zero-order valence-electron chi connectivity index (χ0n) is 48.0. The molecule has 0 aliphatic rings. The molecule has 7 heteroatoms. The van der Waals surface area contributed by atoms with E-state index < -0.39 is 18.1 Å². The summed E-state index contributed by atoms with van der Waals surface area (Å²) in [6.07, 6.45) is 5.44. The summed E-state index contributed by atoms with van der Waals surface area (Å²) in [5.74, 6) is 2.18. The van der Waals surface area contributed by atoms with E-state index in [-0.39, 0.29) is 55.0 Å². The van der Waals surface area contributed by atoms with Crippen molar-refractivity contribution in [3.8, 4) is 73.5 Å². The SMILES string of the molecule is [2H]c1c([2H])c([2H])c(-c2cccc(-c3cc(C(C)(C)C)cc(C(C)(C)C)c3)c2-[n+]2[c-]n(-c3[c-]c(Oc4[c-]c5c(c(-c6ccccc6)c4)c4ccccc4n5-c4cc(C(C)(C)C)ccn4)ccc3)c(-c3ccccc3)n2)c([2H])c1[2H].[Pt]. The largest absolute Gasteiger partial charge is 0.510 e. The zero-order valence-corrected chi connectivity index (χ0v) is 45.3. The molecule has 0 aliphatic heterocycles. The molecule has 3 heterocycles. The van der Waals surface area contributed by atoms with E-state index in [2.05, 4.69) is 146 Å². The molecule has 0 radical (unpaired) electrons. The van der Waals surface area contributed by atoms with Crippen LogP contribution < -0.4 is 9.42 Å². The number of ether oxygens (including phenoxy) is 1. The number of hydrogen-bond acceptors (Lipinski definition) is 3. The first-order valence-corrected chi connectivity index (χ1v) is 24.7. The van der Waals surface area contributed by atoms with Crippen LogP contribution in [-0.2, 0) is 37.3 Å². The quantitative estimate of drug-likeness (QED) is 0.107. The van der Waals surface area contributed by atoms with Crippen LogP contribution in [0.4, 0.5) is 0 Å². The first kappa shape index (κ1) is 43.9. The zero-order chi connectivity index (χ0) is 55.0. The smallest absolute Gasteiger partial charge is 0.272 e. The van der Waals surface area contributed by atoms with Gasteiger partial charge in [-0.3, -0.25) is 0 Å². The number of fused-ring (bicyclic) bond motifs is 3. The average molecular weight is 1150 g/mol. The minimum absolute atomic E-state index is 0. The summed E-state index contributed by atoms with van der Waals surface area (Å²) in [6, 6.07) is 58.0. The third-order valence-corrected chi connectivity index (χ3v) is 13.4. The van der Waals surface area contributed by atoms with E-state index in [0.29, 0.717) is 34.3 Å². The predicted molar refractivity (Wildman–Crippen MR) is 298 cm³/mol. The van der Waals surface area contributed by atoms with Crippen molar-refractivity contribution in [1.82, 2.24) is 19.2 Å². The molecule has 0 amide bonds. The van der Waals surface area contributed by atoms with E-state index in [1.165, 1.54) is 0 Å². The minimum Gasteiger partial charge on any atom is -0.510 e. The summed E-state index contributed by atoms with van der Waals surface area (Å²) in [6.45, 7) is 19.8. The predicted octanol–water partition coefficient (Wildman–Crippen LogP) is 16.4. The van der Waals surface area contributed by atoms with Crippen LogP contribution in [0.2, 0.25) is 0 Å². The van der Waals surface area contributed by atoms with Gasteiger partial charge < -0.3 is 13.9 Å². The number of rotatable bonds is 9. The molecule has 0 fully saturated rings. The Hall–Kier alpha value is -7.66. The number of nitrogens with zero attached hydrogens (tertiary/aromatic N) is 5. The van der Waals surface area contributed by atoms with E-state index in [1.54, 1.807) is 10.7 Å². The molecule has 0 saturated carbocycles. The fourth-order valence-electron chi connectivity index (χ4n) is 9.46. The van der Waals surface area contributed by atoms with E-state index in [9.17, 15) is 2.74 Å². The monoisotopic (exact) mass is 1150 g/mol. The first-order valence-electron chi connectivity index (χ1n) is 27.2. The summed E-state index contributed by atoms with van der Waals surface area (Å²) in [4.78, 5) is 4.94.